The van der Waals surface area contributed by atoms with Crippen LogP contribution in [-0.2, 0) is 20.7 Å². The van der Waals surface area contributed by atoms with Crippen LogP contribution in [0.25, 0.3) is 0 Å². The van der Waals surface area contributed by atoms with Crippen molar-refractivity contribution in [1.29, 1.82) is 0 Å². The molecule has 0 bridgehead atoms. The Labute approximate surface area is 154 Å². The topological polar surface area (TPSA) is 64.6 Å². The first kappa shape index (κ1) is 19.7. The summed E-state index contributed by atoms with van der Waals surface area (Å²) in [5, 5.41) is 2.79. The Morgan fingerprint density at radius 1 is 1.00 bits per heavy atom. The highest BCUT2D eigenvalue weighted by Gasteiger charge is 2.23. The summed E-state index contributed by atoms with van der Waals surface area (Å²) in [6.45, 7) is 2.16. The van der Waals surface area contributed by atoms with E-state index in [1.54, 1.807) is 31.4 Å². The Morgan fingerprint density at radius 3 is 2.23 bits per heavy atom. The van der Waals surface area contributed by atoms with Crippen molar-refractivity contribution in [3.8, 4) is 0 Å². The summed E-state index contributed by atoms with van der Waals surface area (Å²) in [6, 6.07) is 17.6. The Balaban J connectivity index is 2.03. The number of carbonyl (C=O) groups is 2. The molecule has 1 unspecified atom stereocenters. The Kier molecular flexibility index (Phi) is 7.83. The van der Waals surface area contributed by atoms with E-state index in [0.29, 0.717) is 18.4 Å². The van der Waals surface area contributed by atoms with Crippen LogP contribution in [0.2, 0.25) is 0 Å². The van der Waals surface area contributed by atoms with E-state index in [4.69, 9.17) is 9.47 Å². The summed E-state index contributed by atoms with van der Waals surface area (Å²) in [4.78, 5) is 24.9. The van der Waals surface area contributed by atoms with Gasteiger partial charge in [0.05, 0.1) is 12.7 Å². The maximum absolute atomic E-state index is 12.5. The summed E-state index contributed by atoms with van der Waals surface area (Å²) >= 11 is 0. The van der Waals surface area contributed by atoms with E-state index in [1.807, 2.05) is 43.3 Å². The van der Waals surface area contributed by atoms with Gasteiger partial charge in [-0.05, 0) is 24.6 Å². The number of amides is 1. The number of carbonyl (C=O) groups excluding carboxylic acids is 2. The van der Waals surface area contributed by atoms with Crippen molar-refractivity contribution in [3.63, 3.8) is 0 Å². The number of esters is 1. The minimum Gasteiger partial charge on any atom is -0.464 e. The first-order valence-corrected chi connectivity index (χ1v) is 8.69. The van der Waals surface area contributed by atoms with Crippen LogP contribution in [0.15, 0.2) is 60.7 Å². The van der Waals surface area contributed by atoms with Crippen molar-refractivity contribution < 1.29 is 19.1 Å². The molecule has 0 fully saturated rings. The van der Waals surface area contributed by atoms with Crippen LogP contribution < -0.4 is 5.32 Å². The van der Waals surface area contributed by atoms with E-state index < -0.39 is 12.0 Å². The highest BCUT2D eigenvalue weighted by Crippen LogP contribution is 2.07. The van der Waals surface area contributed by atoms with Gasteiger partial charge in [-0.1, -0.05) is 48.5 Å². The van der Waals surface area contributed by atoms with E-state index in [1.165, 1.54) is 0 Å². The molecular weight excluding hydrogens is 330 g/mol. The number of hydrogen-bond acceptors (Lipinski definition) is 4. The predicted molar refractivity (Wildman–Crippen MR) is 99.9 cm³/mol. The van der Waals surface area contributed by atoms with E-state index in [9.17, 15) is 9.59 Å². The maximum Gasteiger partial charge on any atom is 0.328 e. The number of rotatable bonds is 9. The smallest absolute Gasteiger partial charge is 0.328 e. The number of benzene rings is 2. The fourth-order valence-electron chi connectivity index (χ4n) is 2.42. The number of ether oxygens (including phenoxy) is 2. The molecule has 2 aromatic carbocycles. The highest BCUT2D eigenvalue weighted by molar-refractivity contribution is 5.96. The third kappa shape index (κ3) is 6.33. The normalized spacial score (nSPS) is 12.8. The van der Waals surface area contributed by atoms with Gasteiger partial charge >= 0.3 is 5.97 Å². The first-order chi connectivity index (χ1) is 12.6. The maximum atomic E-state index is 12.5. The number of nitrogens with one attached hydrogen (secondary N) is 1. The standard InChI is InChI=1S/C21H25NO4/c1-16(25-2)13-14-26-21(24)19(15-17-9-5-3-6-10-17)22-20(23)18-11-7-4-8-12-18/h3-12,16,19H,13-15H2,1-2H3,(H,22,23)/t16?,19-/m0/s1. The summed E-state index contributed by atoms with van der Waals surface area (Å²) in [5.41, 5.74) is 1.46. The molecule has 0 saturated heterocycles. The fourth-order valence-corrected chi connectivity index (χ4v) is 2.42. The van der Waals surface area contributed by atoms with Gasteiger partial charge in [0, 0.05) is 25.5 Å². The third-order valence-corrected chi connectivity index (χ3v) is 4.08. The highest BCUT2D eigenvalue weighted by atomic mass is 16.5. The zero-order valence-corrected chi connectivity index (χ0v) is 15.2. The molecule has 0 aliphatic carbocycles. The lowest BCUT2D eigenvalue weighted by molar-refractivity contribution is -0.146. The lowest BCUT2D eigenvalue weighted by Gasteiger charge is -2.18. The Hall–Kier alpha value is -2.66. The van der Waals surface area contributed by atoms with Crippen LogP contribution in [0.3, 0.4) is 0 Å². The summed E-state index contributed by atoms with van der Waals surface area (Å²) < 4.78 is 10.5. The predicted octanol–water partition coefficient (Wildman–Crippen LogP) is 3.00. The van der Waals surface area contributed by atoms with Gasteiger partial charge in [0.25, 0.3) is 5.91 Å². The number of methoxy groups -OCH3 is 1. The van der Waals surface area contributed by atoms with Gasteiger partial charge in [0.2, 0.25) is 0 Å². The Morgan fingerprint density at radius 2 is 1.62 bits per heavy atom. The van der Waals surface area contributed by atoms with Gasteiger partial charge in [-0.2, -0.15) is 0 Å². The summed E-state index contributed by atoms with van der Waals surface area (Å²) in [7, 11) is 1.62. The monoisotopic (exact) mass is 355 g/mol. The van der Waals surface area contributed by atoms with Crippen molar-refractivity contribution in [2.24, 2.45) is 0 Å². The molecule has 1 N–H and O–H groups in total. The molecule has 0 spiro atoms. The van der Waals surface area contributed by atoms with Crippen LogP contribution in [0.5, 0.6) is 0 Å². The molecule has 1 amide bonds. The molecule has 5 heteroatoms. The van der Waals surface area contributed by atoms with E-state index >= 15 is 0 Å². The third-order valence-electron chi connectivity index (χ3n) is 4.08. The molecule has 138 valence electrons. The molecule has 2 rings (SSSR count). The average Bonchev–Trinajstić information content (AvgIpc) is 2.68. The van der Waals surface area contributed by atoms with Crippen molar-refractivity contribution >= 4 is 11.9 Å². The van der Waals surface area contributed by atoms with Crippen LogP contribution in [0, 0.1) is 0 Å². The van der Waals surface area contributed by atoms with Gasteiger partial charge in [-0.3, -0.25) is 4.79 Å². The van der Waals surface area contributed by atoms with Gasteiger partial charge in [0.1, 0.15) is 6.04 Å². The van der Waals surface area contributed by atoms with Gasteiger partial charge in [-0.15, -0.1) is 0 Å². The van der Waals surface area contributed by atoms with Crippen LogP contribution in [0.4, 0.5) is 0 Å². The van der Waals surface area contributed by atoms with E-state index in [0.717, 1.165) is 5.56 Å². The molecule has 0 radical (unpaired) electrons. The molecular formula is C21H25NO4. The lowest BCUT2D eigenvalue weighted by Crippen LogP contribution is -2.43. The molecule has 2 atom stereocenters. The lowest BCUT2D eigenvalue weighted by atomic mass is 10.1. The van der Waals surface area contributed by atoms with Gasteiger partial charge in [-0.25, -0.2) is 4.79 Å². The quantitative estimate of drug-likeness (QED) is 0.703. The molecule has 26 heavy (non-hydrogen) atoms. The van der Waals surface area contributed by atoms with Crippen LogP contribution >= 0.6 is 0 Å². The van der Waals surface area contributed by atoms with Crippen molar-refractivity contribution in [2.75, 3.05) is 13.7 Å². The Bertz CT molecular complexity index is 688. The van der Waals surface area contributed by atoms with Crippen molar-refractivity contribution in [3.05, 3.63) is 71.8 Å². The van der Waals surface area contributed by atoms with Gasteiger partial charge in [0.15, 0.2) is 0 Å². The molecule has 0 aliphatic heterocycles. The van der Waals surface area contributed by atoms with Crippen LogP contribution in [0.1, 0.15) is 29.3 Å². The minimum atomic E-state index is -0.747. The largest absolute Gasteiger partial charge is 0.464 e. The second kappa shape index (κ2) is 10.4. The zero-order chi connectivity index (χ0) is 18.8. The summed E-state index contributed by atoms with van der Waals surface area (Å²) in [5.74, 6) is -0.741. The summed E-state index contributed by atoms with van der Waals surface area (Å²) in [6.07, 6.45) is 0.986. The number of hydrogen-bond donors (Lipinski definition) is 1. The zero-order valence-electron chi connectivity index (χ0n) is 15.2. The van der Waals surface area contributed by atoms with Crippen LogP contribution in [-0.4, -0.2) is 37.7 Å². The van der Waals surface area contributed by atoms with Crippen molar-refractivity contribution in [2.45, 2.75) is 31.9 Å². The fraction of sp³-hybridized carbons (Fsp3) is 0.333. The van der Waals surface area contributed by atoms with E-state index in [2.05, 4.69) is 5.32 Å². The molecule has 0 saturated carbocycles. The molecule has 0 heterocycles. The van der Waals surface area contributed by atoms with Crippen molar-refractivity contribution in [1.82, 2.24) is 5.32 Å². The van der Waals surface area contributed by atoms with Gasteiger partial charge < -0.3 is 14.8 Å². The SMILES string of the molecule is COC(C)CCOC(=O)[C@H](Cc1ccccc1)NC(=O)c1ccccc1. The second-order valence-electron chi connectivity index (χ2n) is 6.08. The second-order valence-corrected chi connectivity index (χ2v) is 6.08. The average molecular weight is 355 g/mol. The molecule has 2 aromatic rings. The molecule has 5 nitrogen and oxygen atoms in total. The minimum absolute atomic E-state index is 0.00860. The first-order valence-electron chi connectivity index (χ1n) is 8.69. The van der Waals surface area contributed by atoms with E-state index in [-0.39, 0.29) is 18.6 Å². The molecule has 0 aliphatic rings. The molecule has 0 aromatic heterocycles.